The number of rotatable bonds is 6. The predicted molar refractivity (Wildman–Crippen MR) is 78.7 cm³/mol. The molecular weight excluding hydrogens is 302 g/mol. The van der Waals surface area contributed by atoms with Gasteiger partial charge in [0.05, 0.1) is 11.0 Å². The van der Waals surface area contributed by atoms with Crippen molar-refractivity contribution in [2.75, 3.05) is 0 Å². The van der Waals surface area contributed by atoms with Crippen LogP contribution in [0.3, 0.4) is 0 Å². The van der Waals surface area contributed by atoms with E-state index in [-0.39, 0.29) is 12.8 Å². The fourth-order valence-corrected chi connectivity index (χ4v) is 6.75. The van der Waals surface area contributed by atoms with Crippen LogP contribution in [0, 0.1) is 11.3 Å². The summed E-state index contributed by atoms with van der Waals surface area (Å²) in [4.78, 5) is 11.1. The molecule has 0 radical (unpaired) electrons. The molecule has 0 heterocycles. The Morgan fingerprint density at radius 2 is 2.11 bits per heavy atom. The molecule has 1 N–H and O–H groups in total. The van der Waals surface area contributed by atoms with Gasteiger partial charge in [-0.3, -0.25) is 4.79 Å². The lowest BCUT2D eigenvalue weighted by Crippen LogP contribution is -2.21. The van der Waals surface area contributed by atoms with Crippen LogP contribution in [0.25, 0.3) is 0 Å². The summed E-state index contributed by atoms with van der Waals surface area (Å²) in [6.45, 7) is 1.56. The lowest BCUT2D eigenvalue weighted by Gasteiger charge is -2.21. The molecule has 2 unspecified atom stereocenters. The zero-order chi connectivity index (χ0) is 14.5. The van der Waals surface area contributed by atoms with Gasteiger partial charge in [-0.15, -0.1) is 0 Å². The van der Waals surface area contributed by atoms with Crippen molar-refractivity contribution >= 4 is 35.5 Å². The van der Waals surface area contributed by atoms with Crippen LogP contribution in [0.5, 0.6) is 0 Å². The third kappa shape index (κ3) is 4.82. The van der Waals surface area contributed by atoms with E-state index in [0.29, 0.717) is 4.90 Å². The van der Waals surface area contributed by atoms with Gasteiger partial charge in [0.1, 0.15) is 12.3 Å². The Bertz CT molecular complexity index is 592. The topological polar surface area (TPSA) is 78.2 Å². The van der Waals surface area contributed by atoms with Crippen molar-refractivity contribution < 1.29 is 14.1 Å². The largest absolute Gasteiger partial charge is 0.481 e. The van der Waals surface area contributed by atoms with Gasteiger partial charge in [-0.25, -0.2) is 4.21 Å². The van der Waals surface area contributed by atoms with E-state index in [4.69, 9.17) is 16.3 Å². The van der Waals surface area contributed by atoms with Crippen LogP contribution in [0.2, 0.25) is 0 Å². The standard InChI is InChI=1S/C12H13NO3S3/c1-12(9-13,8-7-11(14)15)18-19(16,17)10-5-3-2-4-6-10/h2-6H,7-8H2,1H3,(H,14,15). The van der Waals surface area contributed by atoms with Crippen LogP contribution < -0.4 is 0 Å². The van der Waals surface area contributed by atoms with Crippen LogP contribution >= 0.6 is 10.8 Å². The second-order valence-corrected chi connectivity index (χ2v) is 10.5. The number of aliphatic carboxylic acids is 1. The summed E-state index contributed by atoms with van der Waals surface area (Å²) in [5.74, 6) is -0.988. The van der Waals surface area contributed by atoms with Crippen molar-refractivity contribution in [2.45, 2.75) is 29.4 Å². The van der Waals surface area contributed by atoms with Crippen LogP contribution in [-0.4, -0.2) is 20.0 Å². The number of hydrogen-bond acceptors (Lipinski definition) is 5. The summed E-state index contributed by atoms with van der Waals surface area (Å²) in [6, 6.07) is 10.5. The zero-order valence-corrected chi connectivity index (χ0v) is 12.7. The third-order valence-electron chi connectivity index (χ3n) is 2.38. The number of nitriles is 1. The Hall–Kier alpha value is -1.10. The van der Waals surface area contributed by atoms with Crippen LogP contribution in [0.15, 0.2) is 35.2 Å². The van der Waals surface area contributed by atoms with E-state index in [0.717, 1.165) is 10.8 Å². The Labute approximate surface area is 120 Å². The highest BCUT2D eigenvalue weighted by Crippen LogP contribution is 2.38. The predicted octanol–water partition coefficient (Wildman–Crippen LogP) is 2.59. The second-order valence-electron chi connectivity index (χ2n) is 4.09. The normalized spacial score (nSPS) is 16.8. The minimum absolute atomic E-state index is 0.101. The molecule has 0 aliphatic carbocycles. The average Bonchev–Trinajstić information content (AvgIpc) is 2.37. The van der Waals surface area contributed by atoms with Gasteiger partial charge in [0.25, 0.3) is 0 Å². The van der Waals surface area contributed by atoms with E-state index < -0.39 is 18.2 Å². The Morgan fingerprint density at radius 1 is 1.53 bits per heavy atom. The molecule has 1 rings (SSSR count). The molecular formula is C12H13NO3S3. The molecule has 1 aromatic carbocycles. The first-order valence-electron chi connectivity index (χ1n) is 5.43. The summed E-state index contributed by atoms with van der Waals surface area (Å²) in [7, 11) is -1.98. The maximum absolute atomic E-state index is 12.5. The Balaban J connectivity index is 2.93. The smallest absolute Gasteiger partial charge is 0.303 e. The van der Waals surface area contributed by atoms with Gasteiger partial charge in [0, 0.05) is 6.42 Å². The van der Waals surface area contributed by atoms with Gasteiger partial charge in [0.15, 0.2) is 0 Å². The van der Waals surface area contributed by atoms with Crippen LogP contribution in [0.1, 0.15) is 19.8 Å². The summed E-state index contributed by atoms with van der Waals surface area (Å²) in [5, 5.41) is 17.8. The lowest BCUT2D eigenvalue weighted by molar-refractivity contribution is -0.137. The van der Waals surface area contributed by atoms with E-state index >= 15 is 0 Å². The van der Waals surface area contributed by atoms with Gasteiger partial charge in [-0.2, -0.15) is 5.26 Å². The average molecular weight is 315 g/mol. The first kappa shape index (κ1) is 16.0. The van der Waals surface area contributed by atoms with E-state index in [1.54, 1.807) is 37.3 Å². The monoisotopic (exact) mass is 315 g/mol. The molecule has 0 spiro atoms. The number of nitrogens with zero attached hydrogens (tertiary/aromatic N) is 1. The molecule has 102 valence electrons. The molecule has 0 aliphatic rings. The Morgan fingerprint density at radius 3 is 2.58 bits per heavy atom. The van der Waals surface area contributed by atoms with Gasteiger partial charge >= 0.3 is 5.97 Å². The molecule has 19 heavy (non-hydrogen) atoms. The molecule has 2 atom stereocenters. The first-order valence-corrected chi connectivity index (χ1v) is 9.24. The molecule has 0 saturated carbocycles. The van der Waals surface area contributed by atoms with Gasteiger partial charge in [0.2, 0.25) is 0 Å². The van der Waals surface area contributed by atoms with Crippen molar-refractivity contribution in [2.24, 2.45) is 0 Å². The molecule has 0 bridgehead atoms. The second kappa shape index (κ2) is 6.37. The fourth-order valence-electron chi connectivity index (χ4n) is 1.34. The first-order chi connectivity index (χ1) is 8.79. The highest BCUT2D eigenvalue weighted by Gasteiger charge is 2.31. The number of benzene rings is 1. The third-order valence-corrected chi connectivity index (χ3v) is 7.64. The van der Waals surface area contributed by atoms with Crippen LogP contribution in [-0.2, 0) is 23.5 Å². The SMILES string of the molecule is CC(C#N)(CCC(=O)O)SS(=O)(=S)c1ccccc1. The molecule has 0 saturated heterocycles. The minimum atomic E-state index is -2.84. The fraction of sp³-hybridized carbons (Fsp3) is 0.333. The molecule has 4 nitrogen and oxygen atoms in total. The maximum Gasteiger partial charge on any atom is 0.303 e. The van der Waals surface area contributed by atoms with Crippen molar-refractivity contribution in [3.63, 3.8) is 0 Å². The van der Waals surface area contributed by atoms with Gasteiger partial charge in [-0.05, 0) is 47.5 Å². The van der Waals surface area contributed by atoms with Crippen LogP contribution in [0.4, 0.5) is 0 Å². The molecule has 1 aromatic rings. The Kier molecular flexibility index (Phi) is 5.35. The minimum Gasteiger partial charge on any atom is -0.481 e. The molecule has 0 amide bonds. The van der Waals surface area contributed by atoms with Crippen molar-refractivity contribution in [1.29, 1.82) is 5.26 Å². The molecule has 0 aromatic heterocycles. The molecule has 7 heteroatoms. The number of carboxylic acid groups (broad SMARTS) is 1. The highest BCUT2D eigenvalue weighted by atomic mass is 33.3. The van der Waals surface area contributed by atoms with Crippen molar-refractivity contribution in [1.82, 2.24) is 0 Å². The number of hydrogen-bond donors (Lipinski definition) is 1. The molecule has 0 aliphatic heterocycles. The number of carboxylic acids is 1. The zero-order valence-electron chi connectivity index (χ0n) is 10.2. The van der Waals surface area contributed by atoms with E-state index in [1.165, 1.54) is 0 Å². The quantitative estimate of drug-likeness (QED) is 0.813. The maximum atomic E-state index is 12.5. The van der Waals surface area contributed by atoms with Gasteiger partial charge in [-0.1, -0.05) is 18.2 Å². The molecule has 0 fully saturated rings. The van der Waals surface area contributed by atoms with E-state index in [1.807, 2.05) is 6.07 Å². The summed E-state index contributed by atoms with van der Waals surface area (Å²) < 4.78 is 11.4. The van der Waals surface area contributed by atoms with E-state index in [2.05, 4.69) is 0 Å². The van der Waals surface area contributed by atoms with Crippen molar-refractivity contribution in [3.05, 3.63) is 30.3 Å². The lowest BCUT2D eigenvalue weighted by atomic mass is 10.1. The van der Waals surface area contributed by atoms with Crippen molar-refractivity contribution in [3.8, 4) is 6.07 Å². The summed E-state index contributed by atoms with van der Waals surface area (Å²) >= 11 is 5.10. The van der Waals surface area contributed by atoms with Gasteiger partial charge < -0.3 is 5.11 Å². The highest BCUT2D eigenvalue weighted by molar-refractivity contribution is 8.86. The summed E-state index contributed by atoms with van der Waals surface area (Å²) in [5.41, 5.74) is 0. The summed E-state index contributed by atoms with van der Waals surface area (Å²) in [6.07, 6.45) is -0.0549. The van der Waals surface area contributed by atoms with E-state index in [9.17, 15) is 14.3 Å². The number of carbonyl (C=O) groups is 1.